The fourth-order valence-corrected chi connectivity index (χ4v) is 1.48. The highest BCUT2D eigenvalue weighted by Crippen LogP contribution is 2.36. The van der Waals surface area contributed by atoms with E-state index in [9.17, 15) is 0 Å². The molecule has 2 N–H and O–H groups in total. The highest BCUT2D eigenvalue weighted by molar-refractivity contribution is 5.23. The van der Waals surface area contributed by atoms with Gasteiger partial charge in [0.05, 0.1) is 19.0 Å². The monoisotopic (exact) mass is 193 g/mol. The molecule has 1 aromatic rings. The molecule has 1 aromatic heterocycles. The van der Waals surface area contributed by atoms with E-state index in [1.807, 2.05) is 0 Å². The zero-order valence-electron chi connectivity index (χ0n) is 8.36. The van der Waals surface area contributed by atoms with Crippen LogP contribution in [-0.4, -0.2) is 22.6 Å². The van der Waals surface area contributed by atoms with Crippen LogP contribution in [0.1, 0.15) is 25.0 Å². The molecule has 0 spiro atoms. The quantitative estimate of drug-likeness (QED) is 0.772. The lowest BCUT2D eigenvalue weighted by molar-refractivity contribution is 0.402. The van der Waals surface area contributed by atoms with Crippen molar-refractivity contribution in [2.75, 3.05) is 7.11 Å². The number of hydrogen-bond acceptors (Lipinski definition) is 4. The molecule has 0 amide bonds. The van der Waals surface area contributed by atoms with Crippen molar-refractivity contribution in [3.63, 3.8) is 0 Å². The van der Waals surface area contributed by atoms with Gasteiger partial charge in [0.2, 0.25) is 0 Å². The molecule has 4 nitrogen and oxygen atoms in total. The normalized spacial score (nSPS) is 17.9. The summed E-state index contributed by atoms with van der Waals surface area (Å²) < 4.78 is 5.17. The molecule has 1 saturated carbocycles. The fourth-order valence-electron chi connectivity index (χ4n) is 1.48. The van der Waals surface area contributed by atoms with Crippen LogP contribution in [0.25, 0.3) is 0 Å². The average Bonchev–Trinajstić information content (AvgIpc) is 2.95. The van der Waals surface area contributed by atoms with Gasteiger partial charge in [-0.15, -0.1) is 0 Å². The maximum Gasteiger partial charge on any atom is 0.158 e. The Balaban J connectivity index is 2.00. The van der Waals surface area contributed by atoms with Gasteiger partial charge in [0.15, 0.2) is 5.75 Å². The van der Waals surface area contributed by atoms with Crippen molar-refractivity contribution >= 4 is 0 Å². The van der Waals surface area contributed by atoms with E-state index in [0.717, 1.165) is 37.1 Å². The van der Waals surface area contributed by atoms with Crippen LogP contribution in [0.4, 0.5) is 0 Å². The van der Waals surface area contributed by atoms with Crippen molar-refractivity contribution in [3.8, 4) is 5.75 Å². The summed E-state index contributed by atoms with van der Waals surface area (Å²) in [5.41, 5.74) is 7.04. The molecular formula is C10H15N3O. The summed E-state index contributed by atoms with van der Waals surface area (Å²) in [6, 6.07) is 0. The molecule has 1 heterocycles. The minimum Gasteiger partial charge on any atom is -0.493 e. The third kappa shape index (κ3) is 2.01. The zero-order chi connectivity index (χ0) is 10.0. The van der Waals surface area contributed by atoms with E-state index >= 15 is 0 Å². The number of hydrogen-bond donors (Lipinski definition) is 1. The lowest BCUT2D eigenvalue weighted by Crippen LogP contribution is -2.22. The fraction of sp³-hybridized carbons (Fsp3) is 0.600. The molecule has 14 heavy (non-hydrogen) atoms. The van der Waals surface area contributed by atoms with Gasteiger partial charge in [-0.1, -0.05) is 0 Å². The van der Waals surface area contributed by atoms with Gasteiger partial charge >= 0.3 is 0 Å². The molecule has 1 aliphatic carbocycles. The largest absolute Gasteiger partial charge is 0.493 e. The van der Waals surface area contributed by atoms with Gasteiger partial charge in [-0.2, -0.15) is 0 Å². The van der Waals surface area contributed by atoms with E-state index in [4.69, 9.17) is 10.5 Å². The summed E-state index contributed by atoms with van der Waals surface area (Å²) >= 11 is 0. The third-order valence-electron chi connectivity index (χ3n) is 2.73. The smallest absolute Gasteiger partial charge is 0.158 e. The van der Waals surface area contributed by atoms with Crippen LogP contribution >= 0.6 is 0 Å². The average molecular weight is 193 g/mol. The van der Waals surface area contributed by atoms with Gasteiger partial charge in [0, 0.05) is 5.54 Å². The lowest BCUT2D eigenvalue weighted by Gasteiger charge is -2.09. The topological polar surface area (TPSA) is 61.0 Å². The molecular weight excluding hydrogens is 178 g/mol. The first-order valence-corrected chi connectivity index (χ1v) is 4.85. The standard InChI is InChI=1S/C10H15N3O/c1-14-9-6-12-7-13-8(9)2-3-10(11)4-5-10/h6-7H,2-5,11H2,1H3. The molecule has 1 fully saturated rings. The van der Waals surface area contributed by atoms with Gasteiger partial charge in [0.1, 0.15) is 6.33 Å². The SMILES string of the molecule is COc1cncnc1CCC1(N)CC1. The van der Waals surface area contributed by atoms with Crippen LogP contribution < -0.4 is 10.5 Å². The Morgan fingerprint density at radius 1 is 1.57 bits per heavy atom. The van der Waals surface area contributed by atoms with E-state index < -0.39 is 0 Å². The molecule has 0 saturated heterocycles. The third-order valence-corrected chi connectivity index (χ3v) is 2.73. The summed E-state index contributed by atoms with van der Waals surface area (Å²) in [6.07, 6.45) is 7.38. The van der Waals surface area contributed by atoms with E-state index in [1.54, 1.807) is 19.6 Å². The number of ether oxygens (including phenoxy) is 1. The number of nitrogens with two attached hydrogens (primary N) is 1. The molecule has 0 unspecified atom stereocenters. The predicted octanol–water partition coefficient (Wildman–Crippen LogP) is 0.909. The van der Waals surface area contributed by atoms with E-state index in [2.05, 4.69) is 9.97 Å². The van der Waals surface area contributed by atoms with Crippen molar-refractivity contribution in [1.82, 2.24) is 9.97 Å². The number of methoxy groups -OCH3 is 1. The molecule has 0 atom stereocenters. The molecule has 0 bridgehead atoms. The second kappa shape index (κ2) is 3.53. The Morgan fingerprint density at radius 2 is 2.36 bits per heavy atom. The van der Waals surface area contributed by atoms with Gasteiger partial charge < -0.3 is 10.5 Å². The second-order valence-electron chi connectivity index (χ2n) is 3.90. The van der Waals surface area contributed by atoms with Crippen LogP contribution in [0, 0.1) is 0 Å². The summed E-state index contributed by atoms with van der Waals surface area (Å²) in [4.78, 5) is 8.10. The van der Waals surface area contributed by atoms with Crippen molar-refractivity contribution in [3.05, 3.63) is 18.2 Å². The van der Waals surface area contributed by atoms with Gasteiger partial charge in [-0.05, 0) is 25.7 Å². The summed E-state index contributed by atoms with van der Waals surface area (Å²) in [5, 5.41) is 0. The number of aryl methyl sites for hydroxylation is 1. The van der Waals surface area contributed by atoms with Gasteiger partial charge in [0.25, 0.3) is 0 Å². The minimum atomic E-state index is 0.0793. The number of nitrogens with zero attached hydrogens (tertiary/aromatic N) is 2. The number of aromatic nitrogens is 2. The molecule has 0 aliphatic heterocycles. The van der Waals surface area contributed by atoms with Gasteiger partial charge in [-0.3, -0.25) is 0 Å². The molecule has 0 radical (unpaired) electrons. The first kappa shape index (κ1) is 9.40. The van der Waals surface area contributed by atoms with Crippen LogP contribution in [0.3, 0.4) is 0 Å². The molecule has 76 valence electrons. The van der Waals surface area contributed by atoms with Crippen molar-refractivity contribution in [2.45, 2.75) is 31.2 Å². The first-order chi connectivity index (χ1) is 6.73. The van der Waals surface area contributed by atoms with Crippen molar-refractivity contribution in [2.24, 2.45) is 5.73 Å². The summed E-state index contributed by atoms with van der Waals surface area (Å²) in [5.74, 6) is 0.761. The van der Waals surface area contributed by atoms with E-state index in [-0.39, 0.29) is 5.54 Å². The van der Waals surface area contributed by atoms with Crippen molar-refractivity contribution < 1.29 is 4.74 Å². The Kier molecular flexibility index (Phi) is 2.37. The second-order valence-corrected chi connectivity index (χ2v) is 3.90. The number of rotatable bonds is 4. The van der Waals surface area contributed by atoms with Crippen molar-refractivity contribution in [1.29, 1.82) is 0 Å². The molecule has 1 aliphatic rings. The van der Waals surface area contributed by atoms with Gasteiger partial charge in [-0.25, -0.2) is 9.97 Å². The Morgan fingerprint density at radius 3 is 3.00 bits per heavy atom. The maximum atomic E-state index is 6.00. The minimum absolute atomic E-state index is 0.0793. The predicted molar refractivity (Wildman–Crippen MR) is 53.1 cm³/mol. The highest BCUT2D eigenvalue weighted by Gasteiger charge is 2.37. The summed E-state index contributed by atoms with van der Waals surface area (Å²) in [7, 11) is 1.64. The summed E-state index contributed by atoms with van der Waals surface area (Å²) in [6.45, 7) is 0. The van der Waals surface area contributed by atoms with Crippen LogP contribution in [0.15, 0.2) is 12.5 Å². The maximum absolute atomic E-state index is 6.00. The molecule has 0 aromatic carbocycles. The first-order valence-electron chi connectivity index (χ1n) is 4.85. The molecule has 2 rings (SSSR count). The Bertz CT molecular complexity index is 323. The van der Waals surface area contributed by atoms with E-state index in [1.165, 1.54) is 0 Å². The Hall–Kier alpha value is -1.16. The Labute approximate surface area is 83.5 Å². The molecule has 4 heteroatoms. The lowest BCUT2D eigenvalue weighted by atomic mass is 10.1. The van der Waals surface area contributed by atoms with Crippen LogP contribution in [0.5, 0.6) is 5.75 Å². The van der Waals surface area contributed by atoms with Crippen LogP contribution in [-0.2, 0) is 6.42 Å². The zero-order valence-corrected chi connectivity index (χ0v) is 8.36. The highest BCUT2D eigenvalue weighted by atomic mass is 16.5. The van der Waals surface area contributed by atoms with Crippen LogP contribution in [0.2, 0.25) is 0 Å². The van der Waals surface area contributed by atoms with E-state index in [0.29, 0.717) is 0 Å².